The molecule has 1 aliphatic rings. The monoisotopic (exact) mass is 565 g/mol. The second-order valence-electron chi connectivity index (χ2n) is 9.42. The number of para-hydroxylation sites is 1. The van der Waals surface area contributed by atoms with Gasteiger partial charge in [0, 0.05) is 32.5 Å². The maximum Gasteiger partial charge on any atom is 0.338 e. The van der Waals surface area contributed by atoms with Gasteiger partial charge in [0.25, 0.3) is 5.56 Å². The number of carbonyl (C=O) groups excluding carboxylic acids is 1. The van der Waals surface area contributed by atoms with Gasteiger partial charge in [0.05, 0.1) is 36.1 Å². The number of fused-ring (bicyclic) bond motifs is 1. The van der Waals surface area contributed by atoms with Crippen LogP contribution in [0.4, 0.5) is 5.69 Å². The highest BCUT2D eigenvalue weighted by Gasteiger charge is 2.36. The summed E-state index contributed by atoms with van der Waals surface area (Å²) in [5.74, 6) is 0.416. The standard InChI is InChI=1S/C30H35N3O6S/c1-7-15-38-27-22(9-8-10-23(27)37-6)26-25(29(35)39-17-16-36-5)19(2)31-30-33(26)28(34)24(40-30)18-20-11-13-21(14-12-20)32(3)4/h8-14,18,26H,7,15-17H2,1-6H3/b24-18+/t26-/m1/s1. The van der Waals surface area contributed by atoms with Gasteiger partial charge >= 0.3 is 5.97 Å². The molecule has 1 aliphatic heterocycles. The number of benzene rings is 2. The molecule has 10 heteroatoms. The highest BCUT2D eigenvalue weighted by molar-refractivity contribution is 7.07. The number of allylic oxidation sites excluding steroid dienone is 1. The zero-order chi connectivity index (χ0) is 28.8. The lowest BCUT2D eigenvalue weighted by atomic mass is 9.94. The number of anilines is 1. The van der Waals surface area contributed by atoms with E-state index in [1.165, 1.54) is 18.4 Å². The van der Waals surface area contributed by atoms with Crippen LogP contribution in [0.15, 0.2) is 63.5 Å². The highest BCUT2D eigenvalue weighted by Crippen LogP contribution is 2.40. The van der Waals surface area contributed by atoms with Gasteiger partial charge in [-0.3, -0.25) is 9.36 Å². The minimum absolute atomic E-state index is 0.0729. The van der Waals surface area contributed by atoms with E-state index < -0.39 is 12.0 Å². The molecule has 4 rings (SSSR count). The van der Waals surface area contributed by atoms with Crippen molar-refractivity contribution >= 4 is 29.1 Å². The van der Waals surface area contributed by atoms with Crippen molar-refractivity contribution in [3.8, 4) is 11.5 Å². The largest absolute Gasteiger partial charge is 0.493 e. The van der Waals surface area contributed by atoms with Crippen molar-refractivity contribution in [2.24, 2.45) is 4.99 Å². The molecule has 40 heavy (non-hydrogen) atoms. The average Bonchev–Trinajstić information content (AvgIpc) is 3.25. The molecule has 0 fully saturated rings. The maximum absolute atomic E-state index is 14.0. The molecule has 0 N–H and O–H groups in total. The third-order valence-corrected chi connectivity index (χ3v) is 7.43. The Morgan fingerprint density at radius 3 is 2.50 bits per heavy atom. The van der Waals surface area contributed by atoms with Gasteiger partial charge in [-0.15, -0.1) is 0 Å². The van der Waals surface area contributed by atoms with Crippen LogP contribution in [0.5, 0.6) is 11.5 Å². The SMILES string of the molecule is CCCOc1c(OC)cccc1[C@@H]1C(C(=O)OCCOC)=C(C)N=c2s/c(=C/c3ccc(N(C)C)cc3)c(=O)n21. The van der Waals surface area contributed by atoms with Gasteiger partial charge in [-0.1, -0.05) is 42.5 Å². The summed E-state index contributed by atoms with van der Waals surface area (Å²) in [4.78, 5) is 34.6. The fourth-order valence-electron chi connectivity index (χ4n) is 4.46. The lowest BCUT2D eigenvalue weighted by Crippen LogP contribution is -2.40. The summed E-state index contributed by atoms with van der Waals surface area (Å²) in [6, 6.07) is 12.6. The number of hydrogen-bond acceptors (Lipinski definition) is 9. The van der Waals surface area contributed by atoms with Crippen molar-refractivity contribution in [3.05, 3.63) is 84.5 Å². The Labute approximate surface area is 237 Å². The molecule has 212 valence electrons. The van der Waals surface area contributed by atoms with Crippen LogP contribution in [0.2, 0.25) is 0 Å². The van der Waals surface area contributed by atoms with E-state index in [4.69, 9.17) is 18.9 Å². The molecule has 0 saturated heterocycles. The van der Waals surface area contributed by atoms with E-state index in [0.29, 0.717) is 38.7 Å². The number of methoxy groups -OCH3 is 2. The number of carbonyl (C=O) groups is 1. The molecule has 0 radical (unpaired) electrons. The van der Waals surface area contributed by atoms with Gasteiger partial charge in [-0.25, -0.2) is 9.79 Å². The Bertz CT molecular complexity index is 1570. The van der Waals surface area contributed by atoms with Gasteiger partial charge in [0.15, 0.2) is 16.3 Å². The number of ether oxygens (including phenoxy) is 4. The van der Waals surface area contributed by atoms with E-state index in [-0.39, 0.29) is 24.3 Å². The van der Waals surface area contributed by atoms with Crippen LogP contribution in [0.1, 0.15) is 37.4 Å². The first-order valence-corrected chi connectivity index (χ1v) is 13.9. The molecule has 2 heterocycles. The van der Waals surface area contributed by atoms with Gasteiger partial charge in [-0.05, 0) is 43.2 Å². The van der Waals surface area contributed by atoms with Crippen molar-refractivity contribution in [2.75, 3.05) is 53.0 Å². The third-order valence-electron chi connectivity index (χ3n) is 6.44. The summed E-state index contributed by atoms with van der Waals surface area (Å²) in [5.41, 5.74) is 3.03. The number of rotatable bonds is 11. The maximum atomic E-state index is 14.0. The van der Waals surface area contributed by atoms with Crippen LogP contribution in [0.3, 0.4) is 0 Å². The Balaban J connectivity index is 1.93. The van der Waals surface area contributed by atoms with Crippen molar-refractivity contribution in [2.45, 2.75) is 26.3 Å². The molecular formula is C30H35N3O6S. The predicted octanol–water partition coefficient (Wildman–Crippen LogP) is 3.29. The molecule has 1 atom stereocenters. The molecule has 1 aromatic heterocycles. The van der Waals surface area contributed by atoms with E-state index in [0.717, 1.165) is 17.7 Å². The second-order valence-corrected chi connectivity index (χ2v) is 10.4. The zero-order valence-corrected chi connectivity index (χ0v) is 24.5. The van der Waals surface area contributed by atoms with Crippen LogP contribution in [0, 0.1) is 0 Å². The number of nitrogens with zero attached hydrogens (tertiary/aromatic N) is 3. The lowest BCUT2D eigenvalue weighted by Gasteiger charge is -2.27. The summed E-state index contributed by atoms with van der Waals surface area (Å²) >= 11 is 1.28. The molecule has 2 aromatic carbocycles. The molecule has 9 nitrogen and oxygen atoms in total. The molecule has 3 aromatic rings. The number of esters is 1. The Kier molecular flexibility index (Phi) is 9.44. The summed E-state index contributed by atoms with van der Waals surface area (Å²) in [7, 11) is 7.05. The molecular weight excluding hydrogens is 530 g/mol. The highest BCUT2D eigenvalue weighted by atomic mass is 32.1. The van der Waals surface area contributed by atoms with E-state index in [9.17, 15) is 9.59 Å². The fraction of sp³-hybridized carbons (Fsp3) is 0.367. The first-order valence-electron chi connectivity index (χ1n) is 13.1. The quantitative estimate of drug-likeness (QED) is 0.260. The minimum Gasteiger partial charge on any atom is -0.493 e. The first kappa shape index (κ1) is 29.1. The second kappa shape index (κ2) is 13.0. The van der Waals surface area contributed by atoms with Crippen LogP contribution < -0.4 is 29.3 Å². The third kappa shape index (κ3) is 5.97. The van der Waals surface area contributed by atoms with Crippen LogP contribution in [-0.4, -0.2) is 58.7 Å². The molecule has 0 amide bonds. The van der Waals surface area contributed by atoms with Gasteiger partial charge in [-0.2, -0.15) is 0 Å². The summed E-state index contributed by atoms with van der Waals surface area (Å²) in [6.45, 7) is 4.52. The van der Waals surface area contributed by atoms with Gasteiger partial charge in [0.1, 0.15) is 12.6 Å². The lowest BCUT2D eigenvalue weighted by molar-refractivity contribution is -0.140. The summed E-state index contributed by atoms with van der Waals surface area (Å²) in [5, 5.41) is 0. The van der Waals surface area contributed by atoms with Crippen LogP contribution in [-0.2, 0) is 14.3 Å². The Hall–Kier alpha value is -3.89. The minimum atomic E-state index is -0.827. The summed E-state index contributed by atoms with van der Waals surface area (Å²) in [6.07, 6.45) is 2.62. The van der Waals surface area contributed by atoms with Gasteiger partial charge in [0.2, 0.25) is 0 Å². The zero-order valence-electron chi connectivity index (χ0n) is 23.7. The Morgan fingerprint density at radius 2 is 1.85 bits per heavy atom. The molecule has 0 spiro atoms. The molecule has 0 bridgehead atoms. The Morgan fingerprint density at radius 1 is 1.10 bits per heavy atom. The van der Waals surface area contributed by atoms with E-state index >= 15 is 0 Å². The van der Waals surface area contributed by atoms with Crippen molar-refractivity contribution < 1.29 is 23.7 Å². The fourth-order valence-corrected chi connectivity index (χ4v) is 5.51. The van der Waals surface area contributed by atoms with E-state index in [1.807, 2.05) is 68.4 Å². The van der Waals surface area contributed by atoms with Crippen LogP contribution in [0.25, 0.3) is 6.08 Å². The van der Waals surface area contributed by atoms with Crippen molar-refractivity contribution in [1.29, 1.82) is 0 Å². The molecule has 0 saturated carbocycles. The number of aromatic nitrogens is 1. The first-order chi connectivity index (χ1) is 19.3. The normalized spacial score (nSPS) is 14.9. The van der Waals surface area contributed by atoms with E-state index in [1.54, 1.807) is 24.7 Å². The van der Waals surface area contributed by atoms with Crippen molar-refractivity contribution in [3.63, 3.8) is 0 Å². The predicted molar refractivity (Wildman–Crippen MR) is 156 cm³/mol. The smallest absolute Gasteiger partial charge is 0.338 e. The summed E-state index contributed by atoms with van der Waals surface area (Å²) < 4.78 is 24.4. The van der Waals surface area contributed by atoms with Crippen LogP contribution >= 0.6 is 11.3 Å². The number of hydrogen-bond donors (Lipinski definition) is 0. The number of thiazole rings is 1. The molecule has 0 aliphatic carbocycles. The topological polar surface area (TPSA) is 91.6 Å². The van der Waals surface area contributed by atoms with E-state index in [2.05, 4.69) is 4.99 Å². The van der Waals surface area contributed by atoms with Gasteiger partial charge < -0.3 is 23.8 Å². The average molecular weight is 566 g/mol. The van der Waals surface area contributed by atoms with Crippen molar-refractivity contribution in [1.82, 2.24) is 4.57 Å². The molecule has 0 unspecified atom stereocenters.